The van der Waals surface area contributed by atoms with Crippen molar-refractivity contribution in [3.63, 3.8) is 0 Å². The first-order valence-electron chi connectivity index (χ1n) is 11.0. The predicted molar refractivity (Wildman–Crippen MR) is 130 cm³/mol. The second-order valence-electron chi connectivity index (χ2n) is 8.28. The summed E-state index contributed by atoms with van der Waals surface area (Å²) in [6, 6.07) is 22.3. The molecule has 0 saturated carbocycles. The SMILES string of the molecule is COc1ccc([N+](=O)[O-])cc1NC(=O)[C@H]1[C@@H](C(=O)O)[C@@H](c2ccccc2)C=C[C@@H]1c1ccccc1. The van der Waals surface area contributed by atoms with E-state index in [4.69, 9.17) is 4.74 Å². The minimum Gasteiger partial charge on any atom is -0.495 e. The monoisotopic (exact) mass is 472 g/mol. The Labute approximate surface area is 202 Å². The molecule has 0 aliphatic heterocycles. The summed E-state index contributed by atoms with van der Waals surface area (Å²) in [4.78, 5) is 37.1. The van der Waals surface area contributed by atoms with Crippen molar-refractivity contribution in [2.45, 2.75) is 11.8 Å². The number of rotatable bonds is 7. The highest BCUT2D eigenvalue weighted by Crippen LogP contribution is 2.45. The molecule has 0 heterocycles. The second kappa shape index (κ2) is 10.2. The third kappa shape index (κ3) is 4.91. The number of non-ortho nitro benzene ring substituents is 1. The summed E-state index contributed by atoms with van der Waals surface area (Å²) in [6.45, 7) is 0. The minimum atomic E-state index is -1.10. The zero-order chi connectivity index (χ0) is 24.9. The van der Waals surface area contributed by atoms with Crippen LogP contribution in [0.2, 0.25) is 0 Å². The van der Waals surface area contributed by atoms with Gasteiger partial charge in [0, 0.05) is 24.0 Å². The van der Waals surface area contributed by atoms with Crippen LogP contribution in [0.25, 0.3) is 0 Å². The van der Waals surface area contributed by atoms with Crippen molar-refractivity contribution in [3.8, 4) is 5.75 Å². The Morgan fingerprint density at radius 3 is 1.91 bits per heavy atom. The van der Waals surface area contributed by atoms with Crippen LogP contribution in [-0.4, -0.2) is 29.0 Å². The molecule has 2 N–H and O–H groups in total. The number of nitro groups is 1. The molecule has 0 unspecified atom stereocenters. The van der Waals surface area contributed by atoms with E-state index in [1.54, 1.807) is 0 Å². The predicted octanol–water partition coefficient (Wildman–Crippen LogP) is 5.00. The first kappa shape index (κ1) is 23.7. The van der Waals surface area contributed by atoms with E-state index in [1.165, 1.54) is 25.3 Å². The van der Waals surface area contributed by atoms with Crippen molar-refractivity contribution in [3.05, 3.63) is 112 Å². The number of aliphatic carboxylic acids is 1. The molecule has 178 valence electrons. The normalized spacial score (nSPS) is 21.2. The maximum atomic E-state index is 13.8. The topological polar surface area (TPSA) is 119 Å². The number of carbonyl (C=O) groups is 2. The number of hydrogen-bond acceptors (Lipinski definition) is 5. The van der Waals surface area contributed by atoms with Crippen molar-refractivity contribution in [1.82, 2.24) is 0 Å². The first-order chi connectivity index (χ1) is 16.9. The highest BCUT2D eigenvalue weighted by atomic mass is 16.6. The number of amides is 1. The molecule has 35 heavy (non-hydrogen) atoms. The lowest BCUT2D eigenvalue weighted by Crippen LogP contribution is -2.42. The van der Waals surface area contributed by atoms with E-state index in [0.717, 1.165) is 11.1 Å². The highest BCUT2D eigenvalue weighted by Gasteiger charge is 2.46. The van der Waals surface area contributed by atoms with Crippen LogP contribution in [0.15, 0.2) is 91.0 Å². The molecule has 1 amide bonds. The van der Waals surface area contributed by atoms with Gasteiger partial charge < -0.3 is 15.2 Å². The third-order valence-electron chi connectivity index (χ3n) is 6.30. The fourth-order valence-electron chi connectivity index (χ4n) is 4.67. The number of methoxy groups -OCH3 is 1. The van der Waals surface area contributed by atoms with Crippen LogP contribution in [0, 0.1) is 22.0 Å². The molecule has 3 aromatic carbocycles. The number of anilines is 1. The van der Waals surface area contributed by atoms with E-state index in [-0.39, 0.29) is 17.1 Å². The lowest BCUT2D eigenvalue weighted by molar-refractivity contribution is -0.384. The molecule has 0 aromatic heterocycles. The fourth-order valence-corrected chi connectivity index (χ4v) is 4.67. The Morgan fingerprint density at radius 2 is 1.43 bits per heavy atom. The van der Waals surface area contributed by atoms with E-state index >= 15 is 0 Å². The van der Waals surface area contributed by atoms with E-state index < -0.39 is 40.5 Å². The lowest BCUT2D eigenvalue weighted by Gasteiger charge is -2.37. The van der Waals surface area contributed by atoms with Gasteiger partial charge in [-0.15, -0.1) is 0 Å². The van der Waals surface area contributed by atoms with Gasteiger partial charge in [0.25, 0.3) is 5.69 Å². The molecule has 0 radical (unpaired) electrons. The summed E-state index contributed by atoms with van der Waals surface area (Å²) in [6.07, 6.45) is 3.73. The molecule has 8 heteroatoms. The van der Waals surface area contributed by atoms with Crippen molar-refractivity contribution in [1.29, 1.82) is 0 Å². The number of nitrogens with zero attached hydrogens (tertiary/aromatic N) is 1. The Kier molecular flexibility index (Phi) is 6.91. The molecule has 4 rings (SSSR count). The summed E-state index contributed by atoms with van der Waals surface area (Å²) in [7, 11) is 1.39. The number of hydrogen-bond donors (Lipinski definition) is 2. The van der Waals surface area contributed by atoms with Gasteiger partial charge >= 0.3 is 5.97 Å². The maximum absolute atomic E-state index is 13.8. The standard InChI is InChI=1S/C27H24N2O6/c1-35-23-15-12-19(29(33)34)16-22(23)28-26(30)24-20(17-8-4-2-5-9-17)13-14-21(25(24)27(31)32)18-10-6-3-7-11-18/h2-16,20-21,24-25H,1H3,(H,28,30)(H,31,32)/t20-,21-,24-,25+/m1/s1. The Balaban J connectivity index is 1.79. The summed E-state index contributed by atoms with van der Waals surface area (Å²) < 4.78 is 5.28. The van der Waals surface area contributed by atoms with Gasteiger partial charge in [-0.1, -0.05) is 72.8 Å². The van der Waals surface area contributed by atoms with Crippen LogP contribution in [0.4, 0.5) is 11.4 Å². The van der Waals surface area contributed by atoms with E-state index in [2.05, 4.69) is 5.32 Å². The molecule has 0 fully saturated rings. The maximum Gasteiger partial charge on any atom is 0.308 e. The minimum absolute atomic E-state index is 0.105. The van der Waals surface area contributed by atoms with Gasteiger partial charge in [-0.25, -0.2) is 0 Å². The highest BCUT2D eigenvalue weighted by molar-refractivity contribution is 5.98. The summed E-state index contributed by atoms with van der Waals surface area (Å²) in [5, 5.41) is 24.3. The first-order valence-corrected chi connectivity index (χ1v) is 11.0. The molecule has 0 bridgehead atoms. The van der Waals surface area contributed by atoms with Gasteiger partial charge in [0.15, 0.2) is 0 Å². The molecule has 3 aromatic rings. The molecule has 1 aliphatic rings. The smallest absolute Gasteiger partial charge is 0.308 e. The van der Waals surface area contributed by atoms with E-state index in [1.807, 2.05) is 72.8 Å². The molecular weight excluding hydrogens is 448 g/mol. The van der Waals surface area contributed by atoms with Crippen LogP contribution < -0.4 is 10.1 Å². The number of carboxylic acids is 1. The summed E-state index contributed by atoms with van der Waals surface area (Å²) >= 11 is 0. The van der Waals surface area contributed by atoms with Crippen LogP contribution >= 0.6 is 0 Å². The zero-order valence-electron chi connectivity index (χ0n) is 18.9. The zero-order valence-corrected chi connectivity index (χ0v) is 18.9. The average Bonchev–Trinajstić information content (AvgIpc) is 2.88. The van der Waals surface area contributed by atoms with Crippen molar-refractivity contribution >= 4 is 23.3 Å². The number of nitrogens with one attached hydrogen (secondary N) is 1. The molecule has 1 aliphatic carbocycles. The quantitative estimate of drug-likeness (QED) is 0.284. The fraction of sp³-hybridized carbons (Fsp3) is 0.185. The Hall–Kier alpha value is -4.46. The van der Waals surface area contributed by atoms with Gasteiger partial charge in [0.05, 0.1) is 29.6 Å². The number of benzene rings is 3. The largest absolute Gasteiger partial charge is 0.495 e. The van der Waals surface area contributed by atoms with Gasteiger partial charge in [0.1, 0.15) is 5.75 Å². The Bertz CT molecular complexity index is 1260. The molecule has 8 nitrogen and oxygen atoms in total. The lowest BCUT2D eigenvalue weighted by atomic mass is 9.66. The number of nitro benzene ring substituents is 1. The van der Waals surface area contributed by atoms with Gasteiger partial charge in [0.2, 0.25) is 5.91 Å². The molecular formula is C27H24N2O6. The number of carbonyl (C=O) groups excluding carboxylic acids is 1. The molecule has 0 saturated heterocycles. The number of ether oxygens (including phenoxy) is 1. The Morgan fingerprint density at radius 1 is 0.886 bits per heavy atom. The number of carboxylic acid groups (broad SMARTS) is 1. The van der Waals surface area contributed by atoms with Gasteiger partial charge in [-0.3, -0.25) is 19.7 Å². The van der Waals surface area contributed by atoms with E-state index in [0.29, 0.717) is 0 Å². The van der Waals surface area contributed by atoms with Crippen molar-refractivity contribution in [2.24, 2.45) is 11.8 Å². The van der Waals surface area contributed by atoms with E-state index in [9.17, 15) is 24.8 Å². The number of allylic oxidation sites excluding steroid dienone is 2. The molecule has 0 spiro atoms. The van der Waals surface area contributed by atoms with Gasteiger partial charge in [-0.2, -0.15) is 0 Å². The molecule has 4 atom stereocenters. The van der Waals surface area contributed by atoms with Crippen LogP contribution in [0.1, 0.15) is 23.0 Å². The van der Waals surface area contributed by atoms with Crippen LogP contribution in [0.3, 0.4) is 0 Å². The summed E-state index contributed by atoms with van der Waals surface area (Å²) in [5.74, 6) is -4.53. The van der Waals surface area contributed by atoms with Crippen molar-refractivity contribution < 1.29 is 24.4 Å². The summed E-state index contributed by atoms with van der Waals surface area (Å²) in [5.41, 5.74) is 1.47. The van der Waals surface area contributed by atoms with Crippen molar-refractivity contribution in [2.75, 3.05) is 12.4 Å². The van der Waals surface area contributed by atoms with Crippen LogP contribution in [-0.2, 0) is 9.59 Å². The average molecular weight is 472 g/mol. The van der Waals surface area contributed by atoms with Gasteiger partial charge in [-0.05, 0) is 17.2 Å². The van der Waals surface area contributed by atoms with Crippen LogP contribution in [0.5, 0.6) is 5.75 Å². The second-order valence-corrected chi connectivity index (χ2v) is 8.28. The third-order valence-corrected chi connectivity index (χ3v) is 6.30.